The van der Waals surface area contributed by atoms with Crippen LogP contribution >= 0.6 is 0 Å². The molecule has 3 N–H and O–H groups in total. The molecule has 0 aliphatic rings. The van der Waals surface area contributed by atoms with E-state index < -0.39 is 0 Å². The van der Waals surface area contributed by atoms with Crippen LogP contribution in [0.5, 0.6) is 0 Å². The van der Waals surface area contributed by atoms with E-state index in [1.165, 1.54) is 0 Å². The van der Waals surface area contributed by atoms with Crippen LogP contribution in [-0.2, 0) is 9.53 Å². The van der Waals surface area contributed by atoms with Gasteiger partial charge in [-0.15, -0.1) is 0 Å². The van der Waals surface area contributed by atoms with E-state index in [-0.39, 0.29) is 12.0 Å². The molecule has 1 amide bonds. The minimum Gasteiger partial charge on any atom is -0.369 e. The van der Waals surface area contributed by atoms with Gasteiger partial charge in [-0.3, -0.25) is 4.79 Å². The molecule has 0 aliphatic heterocycles. The number of nitrogens with one attached hydrogen (secondary N) is 1. The fourth-order valence-corrected chi connectivity index (χ4v) is 1.10. The van der Waals surface area contributed by atoms with E-state index in [9.17, 15) is 4.79 Å². The third kappa shape index (κ3) is 8.39. The molecule has 0 fully saturated rings. The van der Waals surface area contributed by atoms with Crippen LogP contribution in [0.2, 0.25) is 0 Å². The standard InChI is InChI=1S/C11H24N2O2/c1-3-4-9-15-10(2)11(14)13-8-6-5-7-12/h10H,3-9,12H2,1-2H3,(H,13,14). The summed E-state index contributed by atoms with van der Waals surface area (Å²) in [6, 6.07) is 0. The van der Waals surface area contributed by atoms with Crippen LogP contribution in [0, 0.1) is 0 Å². The van der Waals surface area contributed by atoms with E-state index in [4.69, 9.17) is 10.5 Å². The molecule has 0 bridgehead atoms. The molecule has 0 rings (SSSR count). The zero-order valence-electron chi connectivity index (χ0n) is 9.92. The Morgan fingerprint density at radius 2 is 2.13 bits per heavy atom. The van der Waals surface area contributed by atoms with E-state index in [0.717, 1.165) is 25.7 Å². The average Bonchev–Trinajstić information content (AvgIpc) is 2.24. The fraction of sp³-hybridized carbons (Fsp3) is 0.909. The van der Waals surface area contributed by atoms with Crippen molar-refractivity contribution < 1.29 is 9.53 Å². The molecule has 1 unspecified atom stereocenters. The van der Waals surface area contributed by atoms with E-state index in [2.05, 4.69) is 12.2 Å². The smallest absolute Gasteiger partial charge is 0.248 e. The first-order valence-corrected chi connectivity index (χ1v) is 5.81. The predicted octanol–water partition coefficient (Wildman–Crippen LogP) is 1.05. The van der Waals surface area contributed by atoms with Crippen LogP contribution in [-0.4, -0.2) is 31.7 Å². The van der Waals surface area contributed by atoms with Gasteiger partial charge >= 0.3 is 0 Å². The minimum absolute atomic E-state index is 0.0249. The topological polar surface area (TPSA) is 64.3 Å². The Morgan fingerprint density at radius 3 is 2.73 bits per heavy atom. The van der Waals surface area contributed by atoms with Crippen LogP contribution in [0.1, 0.15) is 39.5 Å². The minimum atomic E-state index is -0.338. The van der Waals surface area contributed by atoms with E-state index in [1.54, 1.807) is 6.92 Å². The zero-order chi connectivity index (χ0) is 11.5. The molecule has 0 aliphatic carbocycles. The number of hydrogen-bond donors (Lipinski definition) is 2. The maximum absolute atomic E-state index is 11.4. The Balaban J connectivity index is 3.42. The Kier molecular flexibility index (Phi) is 9.52. The van der Waals surface area contributed by atoms with E-state index in [1.807, 2.05) is 0 Å². The number of unbranched alkanes of at least 4 members (excludes halogenated alkanes) is 2. The van der Waals surface area contributed by atoms with E-state index in [0.29, 0.717) is 19.7 Å². The summed E-state index contributed by atoms with van der Waals surface area (Å²) >= 11 is 0. The summed E-state index contributed by atoms with van der Waals surface area (Å²) in [4.78, 5) is 11.4. The first-order valence-electron chi connectivity index (χ1n) is 5.81. The monoisotopic (exact) mass is 216 g/mol. The molecule has 0 aromatic carbocycles. The van der Waals surface area contributed by atoms with Crippen molar-refractivity contribution in [3.8, 4) is 0 Å². The molecular weight excluding hydrogens is 192 g/mol. The molecule has 15 heavy (non-hydrogen) atoms. The van der Waals surface area contributed by atoms with Gasteiger partial charge in [-0.05, 0) is 32.7 Å². The van der Waals surface area contributed by atoms with Crippen LogP contribution < -0.4 is 11.1 Å². The third-order valence-corrected chi connectivity index (χ3v) is 2.17. The van der Waals surface area contributed by atoms with Gasteiger partial charge in [0.2, 0.25) is 5.91 Å². The van der Waals surface area contributed by atoms with Gasteiger partial charge in [0, 0.05) is 13.2 Å². The Bertz CT molecular complexity index is 163. The molecular formula is C11H24N2O2. The largest absolute Gasteiger partial charge is 0.369 e. The van der Waals surface area contributed by atoms with Crippen LogP contribution in [0.3, 0.4) is 0 Å². The molecule has 1 atom stereocenters. The van der Waals surface area contributed by atoms with Crippen molar-refractivity contribution in [3.63, 3.8) is 0 Å². The Hall–Kier alpha value is -0.610. The van der Waals surface area contributed by atoms with Gasteiger partial charge in [-0.25, -0.2) is 0 Å². The lowest BCUT2D eigenvalue weighted by atomic mass is 10.3. The van der Waals surface area contributed by atoms with Gasteiger partial charge < -0.3 is 15.8 Å². The van der Waals surface area contributed by atoms with Crippen molar-refractivity contribution in [1.29, 1.82) is 0 Å². The summed E-state index contributed by atoms with van der Waals surface area (Å²) in [5, 5.41) is 2.82. The molecule has 90 valence electrons. The molecule has 4 heteroatoms. The number of rotatable bonds is 9. The highest BCUT2D eigenvalue weighted by Gasteiger charge is 2.11. The maximum atomic E-state index is 11.4. The number of carbonyl (C=O) groups is 1. The molecule has 0 spiro atoms. The van der Waals surface area contributed by atoms with Crippen molar-refractivity contribution in [2.45, 2.75) is 45.6 Å². The second-order valence-corrected chi connectivity index (χ2v) is 3.65. The molecule has 4 nitrogen and oxygen atoms in total. The maximum Gasteiger partial charge on any atom is 0.248 e. The molecule has 0 saturated carbocycles. The van der Waals surface area contributed by atoms with Crippen molar-refractivity contribution in [3.05, 3.63) is 0 Å². The van der Waals surface area contributed by atoms with Gasteiger partial charge in [0.1, 0.15) is 6.10 Å². The molecule has 0 aromatic heterocycles. The van der Waals surface area contributed by atoms with Gasteiger partial charge in [-0.2, -0.15) is 0 Å². The average molecular weight is 216 g/mol. The Labute approximate surface area is 92.6 Å². The molecule has 0 aromatic rings. The molecule has 0 heterocycles. The Morgan fingerprint density at radius 1 is 1.40 bits per heavy atom. The van der Waals surface area contributed by atoms with Gasteiger partial charge in [0.05, 0.1) is 0 Å². The quantitative estimate of drug-likeness (QED) is 0.566. The van der Waals surface area contributed by atoms with Gasteiger partial charge in [-0.1, -0.05) is 13.3 Å². The second-order valence-electron chi connectivity index (χ2n) is 3.65. The summed E-state index contributed by atoms with van der Waals surface area (Å²) < 4.78 is 5.36. The lowest BCUT2D eigenvalue weighted by molar-refractivity contribution is -0.131. The molecule has 0 saturated heterocycles. The van der Waals surface area contributed by atoms with Crippen molar-refractivity contribution >= 4 is 5.91 Å². The number of amides is 1. The zero-order valence-corrected chi connectivity index (χ0v) is 9.92. The number of ether oxygens (including phenoxy) is 1. The summed E-state index contributed by atoms with van der Waals surface area (Å²) in [5.41, 5.74) is 5.35. The van der Waals surface area contributed by atoms with E-state index >= 15 is 0 Å². The number of carbonyl (C=O) groups excluding carboxylic acids is 1. The van der Waals surface area contributed by atoms with Crippen LogP contribution in [0.25, 0.3) is 0 Å². The third-order valence-electron chi connectivity index (χ3n) is 2.17. The summed E-state index contributed by atoms with van der Waals surface area (Å²) in [6.45, 7) is 5.92. The first-order chi connectivity index (χ1) is 7.22. The van der Waals surface area contributed by atoms with Crippen LogP contribution in [0.15, 0.2) is 0 Å². The van der Waals surface area contributed by atoms with Crippen molar-refractivity contribution in [2.75, 3.05) is 19.7 Å². The van der Waals surface area contributed by atoms with Crippen molar-refractivity contribution in [2.24, 2.45) is 5.73 Å². The SMILES string of the molecule is CCCCOC(C)C(=O)NCCCCN. The summed E-state index contributed by atoms with van der Waals surface area (Å²) in [5.74, 6) is -0.0249. The normalized spacial score (nSPS) is 12.5. The lowest BCUT2D eigenvalue weighted by Gasteiger charge is -2.12. The van der Waals surface area contributed by atoms with Crippen molar-refractivity contribution in [1.82, 2.24) is 5.32 Å². The van der Waals surface area contributed by atoms with Gasteiger partial charge in [0.25, 0.3) is 0 Å². The highest BCUT2D eigenvalue weighted by atomic mass is 16.5. The predicted molar refractivity (Wildman–Crippen MR) is 61.6 cm³/mol. The highest BCUT2D eigenvalue weighted by molar-refractivity contribution is 5.80. The molecule has 0 radical (unpaired) electrons. The summed E-state index contributed by atoms with van der Waals surface area (Å²) in [7, 11) is 0. The highest BCUT2D eigenvalue weighted by Crippen LogP contribution is 1.95. The lowest BCUT2D eigenvalue weighted by Crippen LogP contribution is -2.35. The number of hydrogen-bond acceptors (Lipinski definition) is 3. The van der Waals surface area contributed by atoms with Gasteiger partial charge in [0.15, 0.2) is 0 Å². The first kappa shape index (κ1) is 14.4. The second kappa shape index (κ2) is 9.93. The van der Waals surface area contributed by atoms with Crippen LogP contribution in [0.4, 0.5) is 0 Å². The summed E-state index contributed by atoms with van der Waals surface area (Å²) in [6.07, 6.45) is 3.64. The fourth-order valence-electron chi connectivity index (χ4n) is 1.10. The number of nitrogens with two attached hydrogens (primary N) is 1.